The SMILES string of the molecule is CC(CCCN1CCN(c2ccncc2)C1=O)COc1ccc(-c2noc(C(F)(F)F)n2)cc1. The highest BCUT2D eigenvalue weighted by Gasteiger charge is 2.38. The summed E-state index contributed by atoms with van der Waals surface area (Å²) in [5, 5.41) is 3.37. The molecule has 0 radical (unpaired) electrons. The quantitative estimate of drug-likeness (QED) is 0.438. The summed E-state index contributed by atoms with van der Waals surface area (Å²) in [7, 11) is 0. The normalized spacial score (nSPS) is 15.1. The van der Waals surface area contributed by atoms with E-state index in [1.165, 1.54) is 0 Å². The number of anilines is 1. The van der Waals surface area contributed by atoms with Gasteiger partial charge in [-0.1, -0.05) is 12.1 Å². The number of benzene rings is 1. The molecule has 1 aliphatic heterocycles. The molecule has 0 aliphatic carbocycles. The van der Waals surface area contributed by atoms with Crippen LogP contribution in [0.3, 0.4) is 0 Å². The summed E-state index contributed by atoms with van der Waals surface area (Å²) in [6, 6.07) is 10.1. The lowest BCUT2D eigenvalue weighted by Gasteiger charge is -2.19. The Hall–Kier alpha value is -3.63. The van der Waals surface area contributed by atoms with Crippen molar-refractivity contribution in [1.29, 1.82) is 0 Å². The third-order valence-corrected chi connectivity index (χ3v) is 5.51. The number of urea groups is 1. The predicted octanol–water partition coefficient (Wildman–Crippen LogP) is 4.89. The van der Waals surface area contributed by atoms with Gasteiger partial charge in [-0.05, 0) is 55.2 Å². The van der Waals surface area contributed by atoms with Crippen LogP contribution >= 0.6 is 0 Å². The maximum absolute atomic E-state index is 12.6. The van der Waals surface area contributed by atoms with Crippen LogP contribution in [-0.4, -0.2) is 52.3 Å². The zero-order valence-electron chi connectivity index (χ0n) is 18.5. The maximum atomic E-state index is 12.6. The predicted molar refractivity (Wildman–Crippen MR) is 117 cm³/mol. The van der Waals surface area contributed by atoms with E-state index in [4.69, 9.17) is 4.74 Å². The average molecular weight is 475 g/mol. The zero-order chi connectivity index (χ0) is 24.1. The number of hydrogen-bond donors (Lipinski definition) is 0. The van der Waals surface area contributed by atoms with E-state index in [1.807, 2.05) is 17.0 Å². The van der Waals surface area contributed by atoms with Crippen LogP contribution in [0.1, 0.15) is 25.7 Å². The molecule has 1 saturated heterocycles. The number of halogens is 3. The van der Waals surface area contributed by atoms with E-state index in [9.17, 15) is 18.0 Å². The standard InChI is InChI=1S/C23H24F3N5O3/c1-16(3-2-12-30-13-14-31(22(30)32)18-8-10-27-11-9-18)15-33-19-6-4-17(5-7-19)20-28-21(34-29-20)23(24,25)26/h4-11,16H,2-3,12-15H2,1H3. The van der Waals surface area contributed by atoms with Crippen molar-refractivity contribution in [3.8, 4) is 17.1 Å². The highest BCUT2D eigenvalue weighted by molar-refractivity contribution is 5.93. The van der Waals surface area contributed by atoms with Crippen LogP contribution in [0, 0.1) is 5.92 Å². The Morgan fingerprint density at radius 3 is 2.53 bits per heavy atom. The average Bonchev–Trinajstić information content (AvgIpc) is 3.46. The van der Waals surface area contributed by atoms with Gasteiger partial charge in [-0.3, -0.25) is 9.88 Å². The Balaban J connectivity index is 1.19. The van der Waals surface area contributed by atoms with Crippen molar-refractivity contribution in [2.24, 2.45) is 5.92 Å². The summed E-state index contributed by atoms with van der Waals surface area (Å²) in [4.78, 5) is 23.6. The van der Waals surface area contributed by atoms with Crippen LogP contribution < -0.4 is 9.64 Å². The van der Waals surface area contributed by atoms with Crippen LogP contribution in [0.5, 0.6) is 5.75 Å². The molecule has 0 saturated carbocycles. The lowest BCUT2D eigenvalue weighted by molar-refractivity contribution is -0.159. The molecular weight excluding hydrogens is 451 g/mol. The lowest BCUT2D eigenvalue weighted by Crippen LogP contribution is -2.32. The second-order valence-electron chi connectivity index (χ2n) is 8.13. The highest BCUT2D eigenvalue weighted by Crippen LogP contribution is 2.30. The Morgan fingerprint density at radius 1 is 1.12 bits per heavy atom. The second kappa shape index (κ2) is 10.1. The van der Waals surface area contributed by atoms with Gasteiger partial charge in [0.15, 0.2) is 0 Å². The van der Waals surface area contributed by atoms with E-state index in [2.05, 4.69) is 26.6 Å². The lowest BCUT2D eigenvalue weighted by atomic mass is 10.1. The monoisotopic (exact) mass is 475 g/mol. The first-order valence-electron chi connectivity index (χ1n) is 10.9. The number of pyridine rings is 1. The Bertz CT molecular complexity index is 1090. The van der Waals surface area contributed by atoms with Gasteiger partial charge < -0.3 is 14.2 Å². The molecule has 180 valence electrons. The number of aromatic nitrogens is 3. The van der Waals surface area contributed by atoms with Gasteiger partial charge in [0, 0.05) is 43.3 Å². The van der Waals surface area contributed by atoms with Gasteiger partial charge in [0.05, 0.1) is 6.61 Å². The van der Waals surface area contributed by atoms with Crippen molar-refractivity contribution >= 4 is 11.7 Å². The van der Waals surface area contributed by atoms with E-state index in [-0.39, 0.29) is 17.8 Å². The Kier molecular flexibility index (Phi) is 6.99. The number of amides is 2. The summed E-state index contributed by atoms with van der Waals surface area (Å²) in [6.07, 6.45) is 0.426. The molecule has 2 amide bonds. The van der Waals surface area contributed by atoms with Gasteiger partial charge in [0.2, 0.25) is 5.82 Å². The first-order chi connectivity index (χ1) is 16.3. The highest BCUT2D eigenvalue weighted by atomic mass is 19.4. The van der Waals surface area contributed by atoms with Crippen LogP contribution in [0.4, 0.5) is 23.7 Å². The molecule has 4 rings (SSSR count). The van der Waals surface area contributed by atoms with Gasteiger partial charge in [-0.25, -0.2) is 4.79 Å². The van der Waals surface area contributed by atoms with E-state index < -0.39 is 12.1 Å². The molecule has 0 spiro atoms. The number of alkyl halides is 3. The molecule has 1 fully saturated rings. The largest absolute Gasteiger partial charge is 0.493 e. The smallest absolute Gasteiger partial charge is 0.471 e. The maximum Gasteiger partial charge on any atom is 0.471 e. The fourth-order valence-electron chi connectivity index (χ4n) is 3.66. The minimum absolute atomic E-state index is 0.0131. The molecule has 11 heteroatoms. The van der Waals surface area contributed by atoms with E-state index >= 15 is 0 Å². The van der Waals surface area contributed by atoms with E-state index in [1.54, 1.807) is 41.6 Å². The van der Waals surface area contributed by atoms with Gasteiger partial charge in [-0.2, -0.15) is 18.2 Å². The van der Waals surface area contributed by atoms with Crippen LogP contribution in [0.15, 0.2) is 53.3 Å². The van der Waals surface area contributed by atoms with Crippen LogP contribution in [0.2, 0.25) is 0 Å². The molecule has 1 unspecified atom stereocenters. The van der Waals surface area contributed by atoms with Crippen molar-refractivity contribution in [1.82, 2.24) is 20.0 Å². The number of carbonyl (C=O) groups is 1. The molecule has 1 atom stereocenters. The van der Waals surface area contributed by atoms with Crippen LogP contribution in [0.25, 0.3) is 11.4 Å². The Labute approximate surface area is 194 Å². The first kappa shape index (κ1) is 23.5. The second-order valence-corrected chi connectivity index (χ2v) is 8.13. The molecule has 8 nitrogen and oxygen atoms in total. The van der Waals surface area contributed by atoms with Crippen molar-refractivity contribution in [2.75, 3.05) is 31.1 Å². The zero-order valence-corrected chi connectivity index (χ0v) is 18.5. The molecular formula is C23H24F3N5O3. The molecule has 0 N–H and O–H groups in total. The molecule has 0 bridgehead atoms. The van der Waals surface area contributed by atoms with Gasteiger partial charge in [-0.15, -0.1) is 0 Å². The number of carbonyl (C=O) groups excluding carboxylic acids is 1. The minimum atomic E-state index is -4.68. The van der Waals surface area contributed by atoms with Crippen molar-refractivity contribution in [2.45, 2.75) is 25.9 Å². The molecule has 1 aliphatic rings. The summed E-state index contributed by atoms with van der Waals surface area (Å²) in [5.41, 5.74) is 1.26. The van der Waals surface area contributed by atoms with Gasteiger partial charge >= 0.3 is 18.1 Å². The van der Waals surface area contributed by atoms with Gasteiger partial charge in [0.25, 0.3) is 0 Å². The fourth-order valence-corrected chi connectivity index (χ4v) is 3.66. The summed E-state index contributed by atoms with van der Waals surface area (Å²) < 4.78 is 47.9. The fraction of sp³-hybridized carbons (Fsp3) is 0.391. The van der Waals surface area contributed by atoms with Crippen molar-refractivity contribution in [3.63, 3.8) is 0 Å². The molecule has 3 heterocycles. The molecule has 2 aromatic heterocycles. The number of ether oxygens (including phenoxy) is 1. The number of nitrogens with zero attached hydrogens (tertiary/aromatic N) is 5. The third-order valence-electron chi connectivity index (χ3n) is 5.51. The summed E-state index contributed by atoms with van der Waals surface area (Å²) >= 11 is 0. The van der Waals surface area contributed by atoms with Crippen molar-refractivity contribution < 1.29 is 27.2 Å². The third kappa shape index (κ3) is 5.64. The number of hydrogen-bond acceptors (Lipinski definition) is 6. The van der Waals surface area contributed by atoms with E-state index in [0.717, 1.165) is 18.5 Å². The summed E-state index contributed by atoms with van der Waals surface area (Å²) in [5.74, 6) is -0.651. The topological polar surface area (TPSA) is 84.6 Å². The first-order valence-corrected chi connectivity index (χ1v) is 10.9. The summed E-state index contributed by atoms with van der Waals surface area (Å²) in [6.45, 7) is 4.60. The van der Waals surface area contributed by atoms with E-state index in [0.29, 0.717) is 37.6 Å². The Morgan fingerprint density at radius 2 is 1.85 bits per heavy atom. The van der Waals surface area contributed by atoms with Gasteiger partial charge in [0.1, 0.15) is 5.75 Å². The molecule has 1 aromatic carbocycles. The molecule has 34 heavy (non-hydrogen) atoms. The minimum Gasteiger partial charge on any atom is -0.493 e. The van der Waals surface area contributed by atoms with Crippen LogP contribution in [-0.2, 0) is 6.18 Å². The molecule has 3 aromatic rings. The van der Waals surface area contributed by atoms with Crippen molar-refractivity contribution in [3.05, 3.63) is 54.7 Å². The number of rotatable bonds is 9.